The molecule has 29 nitrogen and oxygen atoms in total. The summed E-state index contributed by atoms with van der Waals surface area (Å²) in [5.41, 5.74) is 8.47. The molecule has 564 valence electrons. The van der Waals surface area contributed by atoms with Gasteiger partial charge in [-0.15, -0.1) is 5.10 Å². The van der Waals surface area contributed by atoms with Gasteiger partial charge in [-0.25, -0.2) is 9.69 Å². The quantitative estimate of drug-likeness (QED) is 0.0225. The van der Waals surface area contributed by atoms with Crippen LogP contribution in [0.3, 0.4) is 0 Å². The zero-order valence-electron chi connectivity index (χ0n) is 60.9. The molecule has 8 N–H and O–H groups in total. The second-order valence-electron chi connectivity index (χ2n) is 28.2. The number of benzene rings is 6. The molecule has 1 aliphatic carbocycles. The Balaban J connectivity index is 0.557. The number of nitrogens with one attached hydrogen (secondary N) is 7. The Kier molecular flexibility index (Phi) is 22.3. The minimum Gasteiger partial charge on any atom is -0.497 e. The van der Waals surface area contributed by atoms with E-state index in [4.69, 9.17) is 28.4 Å². The van der Waals surface area contributed by atoms with Gasteiger partial charge < -0.3 is 80.1 Å². The lowest BCUT2D eigenvalue weighted by molar-refractivity contribution is -0.132. The van der Waals surface area contributed by atoms with Crippen LogP contribution in [-0.2, 0) is 46.7 Å². The van der Waals surface area contributed by atoms with Crippen molar-refractivity contribution >= 4 is 81.7 Å². The van der Waals surface area contributed by atoms with Gasteiger partial charge in [-0.05, 0) is 128 Å². The zero-order chi connectivity index (χ0) is 75.9. The summed E-state index contributed by atoms with van der Waals surface area (Å²) in [6.45, 7) is 5.33. The number of nitrogens with zero attached hydrogens (tertiary/aromatic N) is 6. The molecule has 13 rings (SSSR count). The van der Waals surface area contributed by atoms with Crippen molar-refractivity contribution in [3.05, 3.63) is 155 Å². The minimum absolute atomic E-state index is 0.0773. The van der Waals surface area contributed by atoms with Crippen LogP contribution in [0.5, 0.6) is 28.7 Å². The number of fused-ring (bicyclic) bond motifs is 9. The van der Waals surface area contributed by atoms with E-state index in [9.17, 15) is 48.3 Å². The van der Waals surface area contributed by atoms with E-state index in [1.54, 1.807) is 66.0 Å². The van der Waals surface area contributed by atoms with Crippen LogP contribution in [0.25, 0.3) is 28.1 Å². The highest BCUT2D eigenvalue weighted by molar-refractivity contribution is 6.07. The number of H-pyrrole nitrogens is 1. The van der Waals surface area contributed by atoms with Gasteiger partial charge in [-0.2, -0.15) is 0 Å². The van der Waals surface area contributed by atoms with Gasteiger partial charge in [-0.3, -0.25) is 43.5 Å². The van der Waals surface area contributed by atoms with Crippen LogP contribution in [0.2, 0.25) is 0 Å². The lowest BCUT2D eigenvalue weighted by Gasteiger charge is -2.31. The molecule has 5 atom stereocenters. The summed E-state index contributed by atoms with van der Waals surface area (Å²) in [4.78, 5) is 129. The predicted octanol–water partition coefficient (Wildman–Crippen LogP) is 8.09. The summed E-state index contributed by atoms with van der Waals surface area (Å²) in [7, 11) is 4.62. The van der Waals surface area contributed by atoms with Gasteiger partial charge in [0.05, 0.1) is 100 Å². The number of anilines is 4. The summed E-state index contributed by atoms with van der Waals surface area (Å²) >= 11 is 0. The van der Waals surface area contributed by atoms with E-state index >= 15 is 0 Å². The number of amides is 9. The van der Waals surface area contributed by atoms with Crippen LogP contribution < -0.4 is 65.4 Å². The van der Waals surface area contributed by atoms with Crippen molar-refractivity contribution in [1.82, 2.24) is 46.5 Å². The van der Waals surface area contributed by atoms with Crippen molar-refractivity contribution in [2.75, 3.05) is 81.2 Å². The molecule has 6 heterocycles. The number of hydrogen-bond acceptors (Lipinski definition) is 19. The summed E-state index contributed by atoms with van der Waals surface area (Å²) in [5.74, 6) is -2.29. The highest BCUT2D eigenvalue weighted by atomic mass is 16.6. The molecular formula is C79H87N13O16. The summed E-state index contributed by atoms with van der Waals surface area (Å²) < 4.78 is 35.3. The fourth-order valence-electron chi connectivity index (χ4n) is 14.4. The summed E-state index contributed by atoms with van der Waals surface area (Å²) in [6, 6.07) is 32.7. The average molecular weight is 1470 g/mol. The third-order valence-electron chi connectivity index (χ3n) is 20.5. The van der Waals surface area contributed by atoms with Crippen molar-refractivity contribution in [3.8, 4) is 51.3 Å². The number of carbonyl (C=O) groups excluding carboxylic acids is 9. The van der Waals surface area contributed by atoms with Gasteiger partial charge in [0, 0.05) is 61.1 Å². The topological polar surface area (TPSA) is 356 Å². The van der Waals surface area contributed by atoms with Crippen LogP contribution in [0, 0.1) is 11.3 Å². The van der Waals surface area contributed by atoms with Crippen molar-refractivity contribution < 1.29 is 76.7 Å². The van der Waals surface area contributed by atoms with Crippen LogP contribution in [-0.4, -0.2) is 175 Å². The Morgan fingerprint density at radius 3 is 2.08 bits per heavy atom. The molecule has 1 spiro atoms. The fourth-order valence-corrected chi connectivity index (χ4v) is 14.4. The van der Waals surface area contributed by atoms with Crippen LogP contribution in [0.15, 0.2) is 128 Å². The number of hydrogen-bond donors (Lipinski definition) is 8. The van der Waals surface area contributed by atoms with E-state index < -0.39 is 79.0 Å². The summed E-state index contributed by atoms with van der Waals surface area (Å²) in [6.07, 6.45) is 4.03. The molecule has 1 saturated heterocycles. The SMILES string of the molecule is COc1ccc(C2=CN3C(=O)c4cc(OC)c(OCCCCCOc5cc6c(cc5OC)C(=O)N5CC7(CC7)C[C@H]5C(O)N6C(=O)OCc5ccc(NC(=O)[C@H](C)NC(=O)[C@@H](NC(=O)CNC(=O)CNC(=O)CCC(=O)N6Cc7ccccc7-c7nn[nH]c7-c7ccccc76)C(C)C)cc5)cc4NC[C@@H]3C2)cc1. The number of carbonyl (C=O) groups is 9. The molecule has 2 fully saturated rings. The standard InChI is InChI=1S/C79H87N13O16/c1-45(2)70(85-68(95)40-82-67(94)39-81-66(93)26-27-69(96)90-41-49-14-8-9-15-54(49)71-72(87-88-86-71)55-16-10-11-17-59(55)90)74(98)83-46(3)73(97)84-51-22-18-47(19-23-51)43-108-78(102)92-60-36-65(63(105-6)34-57(60)76(100)91-44-79(28-29-79)37-61(91)77(92)101)107-31-13-7-12-30-106-64-35-58-56(33-62(64)104-5)75(99)89-42-50(32-52(89)38-80-58)48-20-24-53(103-4)25-21-48/h8-11,14-25,33-36,42,45-46,52,61,70,77,80,101H,7,12-13,26-32,37-41,43-44H2,1-6H3,(H,81,93)(H,82,94)(H,83,98)(H,84,97)(H,85,95)(H,86,87,88)/t46-,52-,61-,70-,77?/m0/s1. The van der Waals surface area contributed by atoms with Gasteiger partial charge in [-0.1, -0.05) is 85.8 Å². The van der Waals surface area contributed by atoms with Crippen LogP contribution in [0.1, 0.15) is 116 Å². The minimum atomic E-state index is -1.48. The zero-order valence-corrected chi connectivity index (χ0v) is 60.9. The normalized spacial score (nSPS) is 17.5. The van der Waals surface area contributed by atoms with E-state index in [0.717, 1.165) is 51.3 Å². The Bertz CT molecular complexity index is 4640. The summed E-state index contributed by atoms with van der Waals surface area (Å²) in [5, 5.41) is 39.9. The number of aromatic amines is 1. The predicted molar refractivity (Wildman–Crippen MR) is 398 cm³/mol. The van der Waals surface area contributed by atoms with Gasteiger partial charge in [0.1, 0.15) is 30.1 Å². The third-order valence-corrected chi connectivity index (χ3v) is 20.5. The fraction of sp³-hybridized carbons (Fsp3) is 0.380. The number of aliphatic hydroxyl groups excluding tert-OH is 1. The van der Waals surface area contributed by atoms with Crippen molar-refractivity contribution in [2.24, 2.45) is 11.3 Å². The largest absolute Gasteiger partial charge is 0.497 e. The second kappa shape index (κ2) is 32.4. The van der Waals surface area contributed by atoms with E-state index in [2.05, 4.69) is 47.3 Å². The molecule has 1 aromatic heterocycles. The van der Waals surface area contributed by atoms with Crippen LogP contribution in [0.4, 0.5) is 27.5 Å². The third kappa shape index (κ3) is 16.2. The first-order valence-electron chi connectivity index (χ1n) is 36.2. The average Bonchev–Trinajstić information content (AvgIpc) is 1.56. The number of rotatable bonds is 27. The molecule has 6 aliphatic rings. The number of aromatic nitrogens is 3. The molecule has 0 bridgehead atoms. The second-order valence-corrected chi connectivity index (χ2v) is 28.2. The maximum atomic E-state index is 14.5. The van der Waals surface area contributed by atoms with Crippen molar-refractivity contribution in [1.29, 1.82) is 0 Å². The molecule has 9 amide bonds. The number of methoxy groups -OCH3 is 3. The van der Waals surface area contributed by atoms with Gasteiger partial charge >= 0.3 is 6.09 Å². The number of para-hydroxylation sites is 1. The van der Waals surface area contributed by atoms with Gasteiger partial charge in [0.15, 0.2) is 29.2 Å². The smallest absolute Gasteiger partial charge is 0.416 e. The van der Waals surface area contributed by atoms with Gasteiger partial charge in [0.25, 0.3) is 11.8 Å². The molecule has 1 saturated carbocycles. The molecule has 0 radical (unpaired) electrons. The molecule has 1 unspecified atom stereocenters. The highest BCUT2D eigenvalue weighted by Crippen LogP contribution is 2.57. The molecular weight excluding hydrogens is 1390 g/mol. The van der Waals surface area contributed by atoms with E-state index in [1.165, 1.54) is 33.3 Å². The molecule has 5 aliphatic heterocycles. The Labute approximate surface area is 623 Å². The monoisotopic (exact) mass is 1470 g/mol. The first-order chi connectivity index (χ1) is 52.2. The highest BCUT2D eigenvalue weighted by Gasteiger charge is 2.58. The van der Waals surface area contributed by atoms with Crippen molar-refractivity contribution in [3.63, 3.8) is 0 Å². The molecule has 29 heteroatoms. The van der Waals surface area contributed by atoms with Crippen LogP contribution >= 0.6 is 0 Å². The van der Waals surface area contributed by atoms with Crippen molar-refractivity contribution in [2.45, 2.75) is 122 Å². The first kappa shape index (κ1) is 74.3. The maximum Gasteiger partial charge on any atom is 0.416 e. The van der Waals surface area contributed by atoms with Gasteiger partial charge in [0.2, 0.25) is 35.4 Å². The number of aliphatic hydroxyl groups is 1. The maximum absolute atomic E-state index is 14.5. The molecule has 7 aromatic rings. The number of ether oxygens (including phenoxy) is 6. The van der Waals surface area contributed by atoms with E-state index in [-0.39, 0.29) is 84.5 Å². The lowest BCUT2D eigenvalue weighted by Crippen LogP contribution is -2.55. The number of unbranched alkanes of at least 4 members (excludes halogenated alkanes) is 2. The molecule has 108 heavy (non-hydrogen) atoms. The molecule has 6 aromatic carbocycles. The first-order valence-corrected chi connectivity index (χ1v) is 36.2. The van der Waals surface area contributed by atoms with E-state index in [1.807, 2.05) is 85.1 Å². The Morgan fingerprint density at radius 2 is 1.37 bits per heavy atom. The lowest BCUT2D eigenvalue weighted by atomic mass is 9.95. The van der Waals surface area contributed by atoms with E-state index in [0.29, 0.717) is 103 Å². The Morgan fingerprint density at radius 1 is 0.685 bits per heavy atom. The Hall–Kier alpha value is -12.0.